The van der Waals surface area contributed by atoms with Gasteiger partial charge in [-0.25, -0.2) is 0 Å². The first kappa shape index (κ1) is 16.5. The van der Waals surface area contributed by atoms with Crippen LogP contribution in [-0.2, 0) is 16.6 Å². The van der Waals surface area contributed by atoms with Gasteiger partial charge < -0.3 is 5.32 Å². The Balaban J connectivity index is 1.81. The Kier molecular flexibility index (Phi) is 4.57. The minimum Gasteiger partial charge on any atom is -0.355 e. The lowest BCUT2D eigenvalue weighted by Gasteiger charge is -2.25. The van der Waals surface area contributed by atoms with E-state index < -0.39 is 10.0 Å². The number of nitrogens with one attached hydrogen (secondary N) is 2. The van der Waals surface area contributed by atoms with Crippen molar-refractivity contribution in [2.24, 2.45) is 5.92 Å². The summed E-state index contributed by atoms with van der Waals surface area (Å²) in [6.45, 7) is 0.613. The number of carbonyl (C=O) groups is 1. The van der Waals surface area contributed by atoms with Crippen LogP contribution in [0.2, 0.25) is 0 Å². The molecule has 8 heteroatoms. The van der Waals surface area contributed by atoms with Crippen LogP contribution >= 0.6 is 0 Å². The molecular weight excluding hydrogens is 328 g/mol. The van der Waals surface area contributed by atoms with Gasteiger partial charge in [-0.15, -0.1) is 0 Å². The third-order valence-electron chi connectivity index (χ3n) is 4.21. The third-order valence-corrected chi connectivity index (χ3v) is 5.61. The van der Waals surface area contributed by atoms with Crippen molar-refractivity contribution >= 4 is 21.6 Å². The zero-order chi connectivity index (χ0) is 17.2. The quantitative estimate of drug-likeness (QED) is 0.833. The Hall–Kier alpha value is -2.35. The molecule has 2 aromatic rings. The maximum atomic E-state index is 12.6. The molecule has 0 aliphatic heterocycles. The first-order valence-corrected chi connectivity index (χ1v) is 9.35. The predicted molar refractivity (Wildman–Crippen MR) is 90.2 cm³/mol. The number of sulfonamides is 1. The molecule has 1 aliphatic carbocycles. The molecule has 0 saturated heterocycles. The number of benzene rings is 1. The molecule has 1 aromatic heterocycles. The number of aromatic nitrogens is 2. The van der Waals surface area contributed by atoms with E-state index in [1.165, 1.54) is 36.5 Å². The molecule has 128 valence electrons. The summed E-state index contributed by atoms with van der Waals surface area (Å²) in [5.74, 6) is 0.224. The first-order chi connectivity index (χ1) is 11.5. The van der Waals surface area contributed by atoms with E-state index in [2.05, 4.69) is 15.1 Å². The largest absolute Gasteiger partial charge is 0.355 e. The molecule has 3 rings (SSSR count). The average molecular weight is 348 g/mol. The Morgan fingerprint density at radius 2 is 2.12 bits per heavy atom. The van der Waals surface area contributed by atoms with Crippen LogP contribution in [0.3, 0.4) is 0 Å². The topological polar surface area (TPSA) is 93.1 Å². The summed E-state index contributed by atoms with van der Waals surface area (Å²) in [5.41, 5.74) is 0.730. The zero-order valence-corrected chi connectivity index (χ0v) is 14.2. The minimum absolute atomic E-state index is 0.139. The summed E-state index contributed by atoms with van der Waals surface area (Å²) >= 11 is 0. The molecule has 0 atom stereocenters. The second kappa shape index (κ2) is 6.64. The molecule has 0 unspecified atom stereocenters. The number of hydrogen-bond donors (Lipinski definition) is 2. The van der Waals surface area contributed by atoms with E-state index >= 15 is 0 Å². The molecular formula is C16H20N4O3S. The maximum Gasteiger partial charge on any atom is 0.279 e. The molecule has 0 spiro atoms. The molecule has 0 radical (unpaired) electrons. The standard InChI is InChI=1S/C16H20N4O3S/c1-17-16(21)13-6-3-7-14(10-13)19-24(22,23)15-8-9-18-20(15)11-12-4-2-5-12/h3,6-10,12,19H,2,4-5,11H2,1H3,(H,17,21). The Morgan fingerprint density at radius 1 is 1.33 bits per heavy atom. The van der Waals surface area contributed by atoms with E-state index in [1.807, 2.05) is 0 Å². The van der Waals surface area contributed by atoms with Crippen LogP contribution in [0.15, 0.2) is 41.6 Å². The maximum absolute atomic E-state index is 12.6. The summed E-state index contributed by atoms with van der Waals surface area (Å²) < 4.78 is 29.4. The van der Waals surface area contributed by atoms with Gasteiger partial charge in [-0.1, -0.05) is 12.5 Å². The number of nitrogens with zero attached hydrogens (tertiary/aromatic N) is 2. The lowest BCUT2D eigenvalue weighted by atomic mass is 9.85. The number of anilines is 1. The van der Waals surface area contributed by atoms with Gasteiger partial charge in [-0.2, -0.15) is 13.5 Å². The number of hydrogen-bond acceptors (Lipinski definition) is 4. The van der Waals surface area contributed by atoms with Crippen LogP contribution in [0.5, 0.6) is 0 Å². The lowest BCUT2D eigenvalue weighted by Crippen LogP contribution is -2.24. The van der Waals surface area contributed by atoms with E-state index in [-0.39, 0.29) is 10.9 Å². The van der Waals surface area contributed by atoms with Gasteiger partial charge in [0.1, 0.15) is 0 Å². The second-order valence-corrected chi connectivity index (χ2v) is 7.54. The lowest BCUT2D eigenvalue weighted by molar-refractivity contribution is 0.0963. The fourth-order valence-electron chi connectivity index (χ4n) is 2.68. The molecule has 2 N–H and O–H groups in total. The molecule has 7 nitrogen and oxygen atoms in total. The van der Waals surface area contributed by atoms with Gasteiger partial charge >= 0.3 is 0 Å². The van der Waals surface area contributed by atoms with Crippen LogP contribution in [0, 0.1) is 5.92 Å². The molecule has 24 heavy (non-hydrogen) atoms. The Labute approximate surface area is 141 Å². The summed E-state index contributed by atoms with van der Waals surface area (Å²) in [4.78, 5) is 11.7. The molecule has 1 amide bonds. The minimum atomic E-state index is -3.76. The highest BCUT2D eigenvalue weighted by molar-refractivity contribution is 7.92. The zero-order valence-electron chi connectivity index (χ0n) is 13.4. The van der Waals surface area contributed by atoms with Crippen molar-refractivity contribution < 1.29 is 13.2 Å². The smallest absolute Gasteiger partial charge is 0.279 e. The number of amides is 1. The van der Waals surface area contributed by atoms with E-state index in [0.29, 0.717) is 23.7 Å². The van der Waals surface area contributed by atoms with Crippen LogP contribution < -0.4 is 10.0 Å². The normalized spacial score (nSPS) is 14.9. The van der Waals surface area contributed by atoms with Crippen molar-refractivity contribution in [3.05, 3.63) is 42.1 Å². The number of rotatable bonds is 6. The van der Waals surface area contributed by atoms with Crippen LogP contribution in [0.25, 0.3) is 0 Å². The van der Waals surface area contributed by atoms with Crippen molar-refractivity contribution in [2.45, 2.75) is 30.8 Å². The van der Waals surface area contributed by atoms with Gasteiger partial charge in [0.25, 0.3) is 15.9 Å². The highest BCUT2D eigenvalue weighted by Crippen LogP contribution is 2.28. The van der Waals surface area contributed by atoms with E-state index in [0.717, 1.165) is 12.8 Å². The third kappa shape index (κ3) is 3.43. The van der Waals surface area contributed by atoms with E-state index in [1.54, 1.807) is 18.2 Å². The molecule has 1 heterocycles. The first-order valence-electron chi connectivity index (χ1n) is 7.86. The highest BCUT2D eigenvalue weighted by Gasteiger charge is 2.24. The van der Waals surface area contributed by atoms with Crippen molar-refractivity contribution in [2.75, 3.05) is 11.8 Å². The molecule has 1 aromatic carbocycles. The van der Waals surface area contributed by atoms with Crippen molar-refractivity contribution in [3.8, 4) is 0 Å². The summed E-state index contributed by atoms with van der Waals surface area (Å²) in [6.07, 6.45) is 4.91. The highest BCUT2D eigenvalue weighted by atomic mass is 32.2. The van der Waals surface area contributed by atoms with Crippen LogP contribution in [0.4, 0.5) is 5.69 Å². The van der Waals surface area contributed by atoms with Gasteiger partial charge in [-0.3, -0.25) is 14.2 Å². The van der Waals surface area contributed by atoms with Gasteiger partial charge in [-0.05, 0) is 43.0 Å². The monoisotopic (exact) mass is 348 g/mol. The average Bonchev–Trinajstić information content (AvgIpc) is 2.99. The molecule has 0 bridgehead atoms. The van der Waals surface area contributed by atoms with Gasteiger partial charge in [0.15, 0.2) is 5.03 Å². The van der Waals surface area contributed by atoms with Gasteiger partial charge in [0.05, 0.1) is 6.20 Å². The SMILES string of the molecule is CNC(=O)c1cccc(NS(=O)(=O)c2ccnn2CC2CCC2)c1. The summed E-state index contributed by atoms with van der Waals surface area (Å²) in [5, 5.41) is 6.79. The summed E-state index contributed by atoms with van der Waals surface area (Å²) in [6, 6.07) is 7.86. The Morgan fingerprint density at radius 3 is 2.79 bits per heavy atom. The van der Waals surface area contributed by atoms with Crippen molar-refractivity contribution in [3.63, 3.8) is 0 Å². The van der Waals surface area contributed by atoms with Gasteiger partial charge in [0.2, 0.25) is 0 Å². The van der Waals surface area contributed by atoms with Gasteiger partial charge in [0, 0.05) is 24.8 Å². The van der Waals surface area contributed by atoms with Crippen LogP contribution in [-0.4, -0.2) is 31.2 Å². The second-order valence-electron chi connectivity index (χ2n) is 5.91. The fourth-order valence-corrected chi connectivity index (χ4v) is 3.86. The molecule has 1 saturated carbocycles. The van der Waals surface area contributed by atoms with E-state index in [4.69, 9.17) is 0 Å². The Bertz CT molecular complexity index is 841. The predicted octanol–water partition coefficient (Wildman–Crippen LogP) is 1.84. The van der Waals surface area contributed by atoms with Crippen LogP contribution in [0.1, 0.15) is 29.6 Å². The summed E-state index contributed by atoms with van der Waals surface area (Å²) in [7, 11) is -2.23. The fraction of sp³-hybridized carbons (Fsp3) is 0.375. The number of carbonyl (C=O) groups excluding carboxylic acids is 1. The molecule has 1 fully saturated rings. The molecule has 1 aliphatic rings. The van der Waals surface area contributed by atoms with E-state index in [9.17, 15) is 13.2 Å². The van der Waals surface area contributed by atoms with Crippen molar-refractivity contribution in [1.29, 1.82) is 0 Å². The van der Waals surface area contributed by atoms with Crippen molar-refractivity contribution in [1.82, 2.24) is 15.1 Å².